The Balaban J connectivity index is 1.73. The number of nitrogens with zero attached hydrogens (tertiary/aromatic N) is 1. The minimum Gasteiger partial charge on any atom is -0.494 e. The number of halogens is 3. The summed E-state index contributed by atoms with van der Waals surface area (Å²) in [6.45, 7) is 2.04. The Morgan fingerprint density at radius 1 is 1.13 bits per heavy atom. The van der Waals surface area contributed by atoms with Crippen molar-refractivity contribution in [2.24, 2.45) is 5.92 Å². The lowest BCUT2D eigenvalue weighted by Crippen LogP contribution is -2.58. The molecule has 0 saturated carbocycles. The van der Waals surface area contributed by atoms with Crippen LogP contribution in [0.1, 0.15) is 12.5 Å². The van der Waals surface area contributed by atoms with Crippen LogP contribution in [0.4, 0.5) is 29.3 Å². The summed E-state index contributed by atoms with van der Waals surface area (Å²) in [5, 5.41) is 4.88. The SMILES string of the molecule is CCOc1ccc(N2C(=O)NCC(C(=O)Nc3ccc(C(F)(F)F)cc3)C2=O)cc1. The summed E-state index contributed by atoms with van der Waals surface area (Å²) in [4.78, 5) is 38.4. The van der Waals surface area contributed by atoms with Crippen LogP contribution in [0.5, 0.6) is 5.75 Å². The molecule has 1 fully saturated rings. The number of nitrogens with one attached hydrogen (secondary N) is 2. The zero-order valence-electron chi connectivity index (χ0n) is 15.8. The van der Waals surface area contributed by atoms with Gasteiger partial charge < -0.3 is 15.4 Å². The average molecular weight is 421 g/mol. The lowest BCUT2D eigenvalue weighted by molar-refractivity contribution is -0.137. The molecule has 1 heterocycles. The Kier molecular flexibility index (Phi) is 5.95. The Morgan fingerprint density at radius 2 is 1.77 bits per heavy atom. The first kappa shape index (κ1) is 21.2. The zero-order valence-corrected chi connectivity index (χ0v) is 15.8. The summed E-state index contributed by atoms with van der Waals surface area (Å²) >= 11 is 0. The third kappa shape index (κ3) is 4.53. The minimum absolute atomic E-state index is 0.102. The molecule has 2 aromatic carbocycles. The highest BCUT2D eigenvalue weighted by Crippen LogP contribution is 2.30. The van der Waals surface area contributed by atoms with Crippen LogP contribution in [0.25, 0.3) is 0 Å². The predicted octanol–water partition coefficient (Wildman–Crippen LogP) is 3.42. The molecule has 1 saturated heterocycles. The van der Waals surface area contributed by atoms with Crippen LogP contribution < -0.4 is 20.3 Å². The third-order valence-electron chi connectivity index (χ3n) is 4.38. The maximum absolute atomic E-state index is 12.8. The van der Waals surface area contributed by atoms with Gasteiger partial charge in [0.25, 0.3) is 0 Å². The van der Waals surface area contributed by atoms with E-state index in [2.05, 4.69) is 10.6 Å². The number of imide groups is 1. The van der Waals surface area contributed by atoms with E-state index in [-0.39, 0.29) is 17.9 Å². The van der Waals surface area contributed by atoms with Crippen molar-refractivity contribution >= 4 is 29.2 Å². The third-order valence-corrected chi connectivity index (χ3v) is 4.38. The molecule has 1 atom stereocenters. The first-order chi connectivity index (χ1) is 14.2. The highest BCUT2D eigenvalue weighted by molar-refractivity contribution is 6.23. The highest BCUT2D eigenvalue weighted by atomic mass is 19.4. The van der Waals surface area contributed by atoms with E-state index in [0.29, 0.717) is 12.4 Å². The molecule has 2 aromatic rings. The van der Waals surface area contributed by atoms with E-state index < -0.39 is 35.5 Å². The van der Waals surface area contributed by atoms with Gasteiger partial charge in [-0.1, -0.05) is 0 Å². The van der Waals surface area contributed by atoms with E-state index in [1.165, 1.54) is 12.1 Å². The number of anilines is 2. The van der Waals surface area contributed by atoms with E-state index in [0.717, 1.165) is 29.2 Å². The van der Waals surface area contributed by atoms with E-state index in [1.54, 1.807) is 12.1 Å². The van der Waals surface area contributed by atoms with Crippen molar-refractivity contribution in [3.63, 3.8) is 0 Å². The van der Waals surface area contributed by atoms with Crippen molar-refractivity contribution in [3.05, 3.63) is 54.1 Å². The van der Waals surface area contributed by atoms with Crippen LogP contribution in [0, 0.1) is 5.92 Å². The number of hydrogen-bond donors (Lipinski definition) is 2. The zero-order chi connectivity index (χ0) is 21.9. The fourth-order valence-electron chi connectivity index (χ4n) is 2.89. The normalized spacial score (nSPS) is 16.8. The van der Waals surface area contributed by atoms with E-state index in [4.69, 9.17) is 4.74 Å². The standard InChI is InChI=1S/C20H18F3N3O4/c1-2-30-15-9-7-14(8-10-15)26-18(28)16(11-24-19(26)29)17(27)25-13-5-3-12(4-6-13)20(21,22)23/h3-10,16H,2,11H2,1H3,(H,24,29)(H,25,27). The van der Waals surface area contributed by atoms with Crippen LogP contribution in [0.2, 0.25) is 0 Å². The van der Waals surface area contributed by atoms with Gasteiger partial charge in [0.1, 0.15) is 11.7 Å². The number of ether oxygens (including phenoxy) is 1. The van der Waals surface area contributed by atoms with Crippen LogP contribution in [-0.2, 0) is 15.8 Å². The Hall–Kier alpha value is -3.56. The van der Waals surface area contributed by atoms with Crippen LogP contribution in [0.3, 0.4) is 0 Å². The minimum atomic E-state index is -4.50. The maximum Gasteiger partial charge on any atom is 0.416 e. The number of carbonyl (C=O) groups excluding carboxylic acids is 3. The molecule has 0 radical (unpaired) electrons. The van der Waals surface area contributed by atoms with Gasteiger partial charge in [-0.15, -0.1) is 0 Å². The Labute approximate surface area is 169 Å². The molecule has 1 aliphatic rings. The summed E-state index contributed by atoms with van der Waals surface area (Å²) < 4.78 is 43.3. The second-order valence-corrected chi connectivity index (χ2v) is 6.40. The molecule has 2 N–H and O–H groups in total. The largest absolute Gasteiger partial charge is 0.494 e. The Morgan fingerprint density at radius 3 is 2.33 bits per heavy atom. The second kappa shape index (κ2) is 8.44. The lowest BCUT2D eigenvalue weighted by atomic mass is 10.0. The lowest BCUT2D eigenvalue weighted by Gasteiger charge is -2.30. The first-order valence-corrected chi connectivity index (χ1v) is 9.03. The maximum atomic E-state index is 12.8. The van der Waals surface area contributed by atoms with Gasteiger partial charge in [-0.05, 0) is 55.5 Å². The van der Waals surface area contributed by atoms with Gasteiger partial charge in [0.15, 0.2) is 0 Å². The van der Waals surface area contributed by atoms with Crippen molar-refractivity contribution < 1.29 is 32.3 Å². The molecule has 0 aromatic heterocycles. The van der Waals surface area contributed by atoms with E-state index in [1.807, 2.05) is 6.92 Å². The van der Waals surface area contributed by atoms with Crippen LogP contribution >= 0.6 is 0 Å². The topological polar surface area (TPSA) is 87.7 Å². The molecule has 158 valence electrons. The summed E-state index contributed by atoms with van der Waals surface area (Å²) in [6, 6.07) is 9.36. The van der Waals surface area contributed by atoms with Gasteiger partial charge >= 0.3 is 12.2 Å². The number of benzene rings is 2. The highest BCUT2D eigenvalue weighted by Gasteiger charge is 2.39. The van der Waals surface area contributed by atoms with Crippen molar-refractivity contribution in [2.75, 3.05) is 23.4 Å². The molecule has 0 bridgehead atoms. The molecule has 0 spiro atoms. The van der Waals surface area contributed by atoms with Crippen LogP contribution in [0.15, 0.2) is 48.5 Å². The second-order valence-electron chi connectivity index (χ2n) is 6.40. The number of alkyl halides is 3. The summed E-state index contributed by atoms with van der Waals surface area (Å²) in [6.07, 6.45) is -4.50. The molecule has 1 aliphatic heterocycles. The summed E-state index contributed by atoms with van der Waals surface area (Å²) in [5.41, 5.74) is -0.499. The van der Waals surface area contributed by atoms with Gasteiger partial charge in [0.2, 0.25) is 11.8 Å². The fraction of sp³-hybridized carbons (Fsp3) is 0.250. The number of urea groups is 1. The van der Waals surface area contributed by atoms with E-state index >= 15 is 0 Å². The summed E-state index contributed by atoms with van der Waals surface area (Å²) in [5.74, 6) is -2.16. The van der Waals surface area contributed by atoms with Crippen molar-refractivity contribution in [1.82, 2.24) is 5.32 Å². The number of hydrogen-bond acceptors (Lipinski definition) is 4. The molecule has 30 heavy (non-hydrogen) atoms. The molecular weight excluding hydrogens is 403 g/mol. The Bertz CT molecular complexity index is 943. The molecule has 0 aliphatic carbocycles. The molecular formula is C20H18F3N3O4. The quantitative estimate of drug-likeness (QED) is 0.725. The van der Waals surface area contributed by atoms with Crippen LogP contribution in [-0.4, -0.2) is 31.0 Å². The molecule has 10 heteroatoms. The fourth-order valence-corrected chi connectivity index (χ4v) is 2.89. The number of amides is 4. The van der Waals surface area contributed by atoms with Gasteiger partial charge in [-0.3, -0.25) is 9.59 Å². The van der Waals surface area contributed by atoms with Crippen molar-refractivity contribution in [3.8, 4) is 5.75 Å². The predicted molar refractivity (Wildman–Crippen MR) is 102 cm³/mol. The number of rotatable bonds is 5. The van der Waals surface area contributed by atoms with Crippen molar-refractivity contribution in [2.45, 2.75) is 13.1 Å². The summed E-state index contributed by atoms with van der Waals surface area (Å²) in [7, 11) is 0. The monoisotopic (exact) mass is 421 g/mol. The van der Waals surface area contributed by atoms with Gasteiger partial charge in [0, 0.05) is 12.2 Å². The van der Waals surface area contributed by atoms with Crippen molar-refractivity contribution in [1.29, 1.82) is 0 Å². The molecule has 1 unspecified atom stereocenters. The van der Waals surface area contributed by atoms with Gasteiger partial charge in [-0.2, -0.15) is 13.2 Å². The smallest absolute Gasteiger partial charge is 0.416 e. The van der Waals surface area contributed by atoms with Gasteiger partial charge in [-0.25, -0.2) is 9.69 Å². The van der Waals surface area contributed by atoms with E-state index in [9.17, 15) is 27.6 Å². The average Bonchev–Trinajstić information content (AvgIpc) is 2.69. The molecule has 4 amide bonds. The molecule has 3 rings (SSSR count). The number of carbonyl (C=O) groups is 3. The first-order valence-electron chi connectivity index (χ1n) is 9.03. The van der Waals surface area contributed by atoms with Gasteiger partial charge in [0.05, 0.1) is 17.9 Å². The molecule has 7 nitrogen and oxygen atoms in total.